The molecule has 162 valence electrons. The minimum Gasteiger partial charge on any atom is -0.356 e. The second-order valence-corrected chi connectivity index (χ2v) is 8.83. The van der Waals surface area contributed by atoms with Gasteiger partial charge in [-0.05, 0) is 42.7 Å². The van der Waals surface area contributed by atoms with Crippen molar-refractivity contribution in [1.82, 2.24) is 25.4 Å². The van der Waals surface area contributed by atoms with E-state index in [1.807, 2.05) is 12.1 Å². The van der Waals surface area contributed by atoms with Crippen molar-refractivity contribution in [2.24, 2.45) is 11.8 Å². The first-order valence-corrected chi connectivity index (χ1v) is 10.7. The third kappa shape index (κ3) is 3.69. The highest BCUT2D eigenvalue weighted by Crippen LogP contribution is 2.46. The normalized spacial score (nSPS) is 23.3. The number of piperidine rings is 1. The van der Waals surface area contributed by atoms with E-state index in [2.05, 4.69) is 30.3 Å². The van der Waals surface area contributed by atoms with E-state index in [-0.39, 0.29) is 25.1 Å². The van der Waals surface area contributed by atoms with Crippen LogP contribution < -0.4 is 10.2 Å². The van der Waals surface area contributed by atoms with Crippen LogP contribution in [-0.2, 0) is 12.8 Å². The van der Waals surface area contributed by atoms with Crippen molar-refractivity contribution in [2.75, 3.05) is 18.0 Å². The van der Waals surface area contributed by atoms with Gasteiger partial charge in [0.05, 0.1) is 23.8 Å². The van der Waals surface area contributed by atoms with Gasteiger partial charge in [-0.15, -0.1) is 0 Å². The maximum absolute atomic E-state index is 12.6. The lowest BCUT2D eigenvalue weighted by molar-refractivity contribution is 0.0898. The van der Waals surface area contributed by atoms with E-state index in [1.165, 1.54) is 6.42 Å². The van der Waals surface area contributed by atoms with Gasteiger partial charge in [-0.1, -0.05) is 30.3 Å². The summed E-state index contributed by atoms with van der Waals surface area (Å²) < 4.78 is 5.28. The first-order valence-electron chi connectivity index (χ1n) is 10.3. The van der Waals surface area contributed by atoms with Crippen LogP contribution in [0.2, 0.25) is 5.15 Å². The number of imidazole rings is 1. The number of aromatic amines is 1. The molecule has 3 atom stereocenters. The van der Waals surface area contributed by atoms with Gasteiger partial charge in [0.15, 0.2) is 0 Å². The van der Waals surface area contributed by atoms with Crippen molar-refractivity contribution in [1.29, 1.82) is 0 Å². The van der Waals surface area contributed by atoms with E-state index in [4.69, 9.17) is 16.1 Å². The number of halogens is 1. The van der Waals surface area contributed by atoms with Crippen LogP contribution in [0.5, 0.6) is 0 Å². The fourth-order valence-electron chi connectivity index (χ4n) is 4.67. The van der Waals surface area contributed by atoms with Gasteiger partial charge in [0, 0.05) is 31.3 Å². The zero-order chi connectivity index (χ0) is 20.2. The van der Waals surface area contributed by atoms with Gasteiger partial charge in [-0.2, -0.15) is 0 Å². The Hall–Kier alpha value is -2.87. The first kappa shape index (κ1) is 20.1. The summed E-state index contributed by atoms with van der Waals surface area (Å²) in [6.07, 6.45) is 5.18. The summed E-state index contributed by atoms with van der Waals surface area (Å²) in [5.74, 6) is 2.51. The van der Waals surface area contributed by atoms with Crippen molar-refractivity contribution in [3.8, 4) is 0 Å². The molecule has 0 aromatic carbocycles. The molecule has 8 nitrogen and oxygen atoms in total. The topological polar surface area (TPSA) is 99.9 Å². The van der Waals surface area contributed by atoms with Crippen LogP contribution in [0.3, 0.4) is 0 Å². The average Bonchev–Trinajstić information content (AvgIpc) is 3.24. The molecule has 2 N–H and O–H groups in total. The van der Waals surface area contributed by atoms with Gasteiger partial charge >= 0.3 is 0 Å². The molecule has 31 heavy (non-hydrogen) atoms. The molecule has 2 aliphatic carbocycles. The summed E-state index contributed by atoms with van der Waals surface area (Å²) >= 11 is 6.44. The molecule has 0 spiro atoms. The van der Waals surface area contributed by atoms with Crippen molar-refractivity contribution >= 4 is 23.3 Å². The van der Waals surface area contributed by atoms with Crippen LogP contribution >= 0.6 is 11.6 Å². The smallest absolute Gasteiger partial charge is 0.290 e. The zero-order valence-electron chi connectivity index (χ0n) is 16.3. The molecule has 1 aliphatic heterocycles. The molecule has 9 heteroatoms. The first-order chi connectivity index (χ1) is 14.6. The largest absolute Gasteiger partial charge is 0.356 e. The Morgan fingerprint density at radius 1 is 1.32 bits per heavy atom. The molecule has 6 rings (SSSR count). The van der Waals surface area contributed by atoms with Crippen molar-refractivity contribution in [2.45, 2.75) is 39.2 Å². The maximum atomic E-state index is 12.6. The molecular formula is C22H25ClN6O2. The van der Waals surface area contributed by atoms with Gasteiger partial charge in [-0.25, -0.2) is 9.97 Å². The van der Waals surface area contributed by atoms with E-state index >= 15 is 0 Å². The highest BCUT2D eigenvalue weighted by molar-refractivity contribution is 6.30. The quantitative estimate of drug-likeness (QED) is 0.588. The molecule has 1 amide bonds. The standard InChI is InChI=1S/C21H21ClN6O2.CH4/c22-20-11(1-4-18(26-20)28-8-12-5-13(12)9-28)6-14-7-17(30-27-14)21(29)25-16-3-2-15-19(16)24-10-23-15;/h1,4,7,10,12-13,16H,2-3,5-6,8-9H2,(H,23,24)(H,25,29);1H4/t12?,13?,16-;/m1./s1. The van der Waals surface area contributed by atoms with Gasteiger partial charge < -0.3 is 19.7 Å². The number of fused-ring (bicyclic) bond motifs is 2. The Balaban J connectivity index is 0.00000204. The van der Waals surface area contributed by atoms with Gasteiger partial charge in [0.1, 0.15) is 11.0 Å². The number of carbonyl (C=O) groups is 1. The number of pyridine rings is 1. The lowest BCUT2D eigenvalue weighted by Gasteiger charge is -2.19. The number of amides is 1. The summed E-state index contributed by atoms with van der Waals surface area (Å²) in [7, 11) is 0. The van der Waals surface area contributed by atoms with Crippen LogP contribution in [0.4, 0.5) is 5.82 Å². The SMILES string of the molecule is C.O=C(N[C@@H]1CCc2[nH]cnc21)c1cc(Cc2ccc(N3CC4CC4C3)nc2Cl)no1. The monoisotopic (exact) mass is 440 g/mol. The Morgan fingerprint density at radius 2 is 2.16 bits per heavy atom. The maximum Gasteiger partial charge on any atom is 0.290 e. The number of nitrogens with one attached hydrogen (secondary N) is 2. The van der Waals surface area contributed by atoms with Crippen LogP contribution in [0, 0.1) is 11.8 Å². The number of aryl methyl sites for hydroxylation is 1. The molecule has 2 fully saturated rings. The lowest BCUT2D eigenvalue weighted by Crippen LogP contribution is -2.27. The fourth-order valence-corrected chi connectivity index (χ4v) is 4.89. The second kappa shape index (κ2) is 7.67. The number of H-pyrrole nitrogens is 1. The number of hydrogen-bond acceptors (Lipinski definition) is 6. The Labute approximate surface area is 185 Å². The summed E-state index contributed by atoms with van der Waals surface area (Å²) in [5.41, 5.74) is 3.49. The van der Waals surface area contributed by atoms with Crippen LogP contribution in [-0.4, -0.2) is 39.1 Å². The minimum absolute atomic E-state index is 0. The van der Waals surface area contributed by atoms with Crippen molar-refractivity contribution < 1.29 is 9.32 Å². The molecular weight excluding hydrogens is 416 g/mol. The predicted octanol–water partition coefficient (Wildman–Crippen LogP) is 3.55. The van der Waals surface area contributed by atoms with E-state index in [0.717, 1.165) is 60.5 Å². The van der Waals surface area contributed by atoms with Crippen LogP contribution in [0.1, 0.15) is 59.5 Å². The molecule has 3 aliphatic rings. The molecule has 2 unspecified atom stereocenters. The molecule has 1 saturated heterocycles. The number of rotatable bonds is 5. The van der Waals surface area contributed by atoms with Gasteiger partial charge in [0.25, 0.3) is 5.91 Å². The lowest BCUT2D eigenvalue weighted by atomic mass is 10.1. The van der Waals surface area contributed by atoms with Gasteiger partial charge in [-0.3, -0.25) is 4.79 Å². The Morgan fingerprint density at radius 3 is 2.97 bits per heavy atom. The Kier molecular flexibility index (Phi) is 4.97. The summed E-state index contributed by atoms with van der Waals surface area (Å²) in [5, 5.41) is 7.49. The number of nitrogens with zero attached hydrogens (tertiary/aromatic N) is 4. The highest BCUT2D eigenvalue weighted by atomic mass is 35.5. The van der Waals surface area contributed by atoms with Crippen LogP contribution in [0.15, 0.2) is 29.0 Å². The number of aromatic nitrogens is 4. The van der Waals surface area contributed by atoms with Crippen molar-refractivity contribution in [3.05, 3.63) is 58.1 Å². The molecule has 1 saturated carbocycles. The molecule has 0 radical (unpaired) electrons. The Bertz CT molecular complexity index is 1110. The third-order valence-corrected chi connectivity index (χ3v) is 6.77. The molecule has 0 bridgehead atoms. The van der Waals surface area contributed by atoms with Gasteiger partial charge in [0.2, 0.25) is 5.76 Å². The number of anilines is 1. The zero-order valence-corrected chi connectivity index (χ0v) is 17.0. The molecule has 3 aromatic rings. The molecule has 4 heterocycles. The summed E-state index contributed by atoms with van der Waals surface area (Å²) in [4.78, 5) is 26.8. The number of carbonyl (C=O) groups excluding carboxylic acids is 1. The predicted molar refractivity (Wildman–Crippen MR) is 116 cm³/mol. The summed E-state index contributed by atoms with van der Waals surface area (Å²) in [6.45, 7) is 2.16. The van der Waals surface area contributed by atoms with E-state index in [1.54, 1.807) is 12.4 Å². The number of hydrogen-bond donors (Lipinski definition) is 2. The van der Waals surface area contributed by atoms with E-state index < -0.39 is 0 Å². The van der Waals surface area contributed by atoms with E-state index in [0.29, 0.717) is 17.3 Å². The third-order valence-electron chi connectivity index (χ3n) is 6.44. The highest BCUT2D eigenvalue weighted by Gasteiger charge is 2.45. The van der Waals surface area contributed by atoms with Crippen molar-refractivity contribution in [3.63, 3.8) is 0 Å². The van der Waals surface area contributed by atoms with Crippen LogP contribution in [0.25, 0.3) is 0 Å². The second-order valence-electron chi connectivity index (χ2n) is 8.47. The summed E-state index contributed by atoms with van der Waals surface area (Å²) in [6, 6.07) is 5.56. The minimum atomic E-state index is -0.290. The van der Waals surface area contributed by atoms with E-state index in [9.17, 15) is 4.79 Å². The average molecular weight is 441 g/mol. The fraction of sp³-hybridized carbons (Fsp3) is 0.455. The molecule has 3 aromatic heterocycles.